The van der Waals surface area contributed by atoms with Crippen LogP contribution >= 0.6 is 11.6 Å². The number of nitrogens with zero attached hydrogens (tertiary/aromatic N) is 3. The summed E-state index contributed by atoms with van der Waals surface area (Å²) in [6.45, 7) is 7.17. The first-order chi connectivity index (χ1) is 8.04. The highest BCUT2D eigenvalue weighted by Gasteiger charge is 2.00. The average Bonchev–Trinajstić information content (AvgIpc) is 2.36. The van der Waals surface area contributed by atoms with E-state index in [0.717, 1.165) is 5.70 Å². The van der Waals surface area contributed by atoms with E-state index >= 15 is 0 Å². The number of rotatable bonds is 5. The van der Waals surface area contributed by atoms with Crippen molar-refractivity contribution in [3.05, 3.63) is 35.3 Å². The van der Waals surface area contributed by atoms with E-state index in [2.05, 4.69) is 16.6 Å². The largest absolute Gasteiger partial charge is 0.396 e. The minimum absolute atomic E-state index is 0.108. The van der Waals surface area contributed by atoms with Gasteiger partial charge >= 0.3 is 0 Å². The molecule has 1 atom stereocenters. The van der Waals surface area contributed by atoms with Gasteiger partial charge in [-0.2, -0.15) is 5.26 Å². The number of nitrogens with two attached hydrogens (primary N) is 1. The molecule has 0 fully saturated rings. The lowest BCUT2D eigenvalue weighted by Crippen LogP contribution is -2.01. The molecule has 2 N–H and O–H groups in total. The van der Waals surface area contributed by atoms with E-state index in [1.165, 1.54) is 18.5 Å². The third-order valence-electron chi connectivity index (χ3n) is 1.81. The highest BCUT2D eigenvalue weighted by atomic mass is 35.5. The molecule has 0 heterocycles. The van der Waals surface area contributed by atoms with Crippen molar-refractivity contribution in [2.75, 3.05) is 0 Å². The van der Waals surface area contributed by atoms with Crippen molar-refractivity contribution in [3.63, 3.8) is 0 Å². The van der Waals surface area contributed by atoms with Gasteiger partial charge in [-0.1, -0.05) is 24.3 Å². The first-order valence-corrected chi connectivity index (χ1v) is 5.31. The summed E-state index contributed by atoms with van der Waals surface area (Å²) in [7, 11) is 0. The van der Waals surface area contributed by atoms with Gasteiger partial charge in [0.2, 0.25) is 0 Å². The van der Waals surface area contributed by atoms with Crippen molar-refractivity contribution in [3.8, 4) is 6.07 Å². The second kappa shape index (κ2) is 8.31. The van der Waals surface area contributed by atoms with Crippen LogP contribution in [0.5, 0.6) is 0 Å². The minimum Gasteiger partial charge on any atom is -0.396 e. The topological polar surface area (TPSA) is 74.5 Å². The molecule has 0 saturated heterocycles. The Balaban J connectivity index is 4.75. The normalized spacial score (nSPS) is 15.8. The quantitative estimate of drug-likeness (QED) is 0.463. The Morgan fingerprint density at radius 1 is 1.47 bits per heavy atom. The molecular weight excluding hydrogens is 236 g/mol. The first kappa shape index (κ1) is 15.1. The Labute approximate surface area is 107 Å². The molecule has 17 heavy (non-hydrogen) atoms. The number of hydrogen-bond donors (Lipinski definition) is 1. The number of hydrogen-bond acceptors (Lipinski definition) is 4. The van der Waals surface area contributed by atoms with Crippen LogP contribution in [-0.2, 0) is 0 Å². The van der Waals surface area contributed by atoms with E-state index in [-0.39, 0.29) is 10.9 Å². The van der Waals surface area contributed by atoms with Crippen molar-refractivity contribution in [2.45, 2.75) is 13.8 Å². The summed E-state index contributed by atoms with van der Waals surface area (Å²) in [6, 6.07) is 2.02. The molecule has 0 radical (unpaired) electrons. The van der Waals surface area contributed by atoms with Gasteiger partial charge in [-0.05, 0) is 19.9 Å². The van der Waals surface area contributed by atoms with E-state index in [0.29, 0.717) is 0 Å². The van der Waals surface area contributed by atoms with Gasteiger partial charge in [0.1, 0.15) is 5.92 Å². The Kier molecular flexibility index (Phi) is 7.40. The second-order valence-corrected chi connectivity index (χ2v) is 3.45. The molecule has 0 aromatic carbocycles. The molecule has 0 bridgehead atoms. The van der Waals surface area contributed by atoms with E-state index in [1.54, 1.807) is 0 Å². The van der Waals surface area contributed by atoms with Crippen LogP contribution < -0.4 is 5.73 Å². The lowest BCUT2D eigenvalue weighted by atomic mass is 10.2. The lowest BCUT2D eigenvalue weighted by Gasteiger charge is -1.96. The standard InChI is InChI=1S/C12H15ClN4/c1-4-9(3)16-7-10(6-14)8-17-12(13)11(15)5-2/h4-5,7-8,10H,2,15H2,1,3H3/b9-4+,12-11+,16-7-,17-8-/t10-/m1/s1. The summed E-state index contributed by atoms with van der Waals surface area (Å²) >= 11 is 5.74. The summed E-state index contributed by atoms with van der Waals surface area (Å²) in [4.78, 5) is 7.93. The van der Waals surface area contributed by atoms with Gasteiger partial charge in [-0.25, -0.2) is 4.99 Å². The van der Waals surface area contributed by atoms with Gasteiger partial charge in [0.25, 0.3) is 0 Å². The highest BCUT2D eigenvalue weighted by molar-refractivity contribution is 6.30. The summed E-state index contributed by atoms with van der Waals surface area (Å²) in [5.74, 6) is -0.545. The van der Waals surface area contributed by atoms with Crippen molar-refractivity contribution < 1.29 is 0 Å². The Morgan fingerprint density at radius 3 is 2.53 bits per heavy atom. The third kappa shape index (κ3) is 6.33. The van der Waals surface area contributed by atoms with Crippen LogP contribution in [0.3, 0.4) is 0 Å². The summed E-state index contributed by atoms with van der Waals surface area (Å²) in [5, 5.41) is 8.97. The summed E-state index contributed by atoms with van der Waals surface area (Å²) in [6.07, 6.45) is 6.10. The van der Waals surface area contributed by atoms with Gasteiger partial charge in [-0.3, -0.25) is 4.99 Å². The maximum absolute atomic E-state index is 8.86. The van der Waals surface area contributed by atoms with E-state index in [4.69, 9.17) is 22.6 Å². The maximum Gasteiger partial charge on any atom is 0.151 e. The smallest absolute Gasteiger partial charge is 0.151 e. The molecule has 0 unspecified atom stereocenters. The molecule has 0 spiro atoms. The van der Waals surface area contributed by atoms with Crippen LogP contribution in [0.25, 0.3) is 0 Å². The predicted molar refractivity (Wildman–Crippen MR) is 72.8 cm³/mol. The monoisotopic (exact) mass is 250 g/mol. The van der Waals surface area contributed by atoms with Gasteiger partial charge in [-0.15, -0.1) is 0 Å². The molecule has 0 saturated carbocycles. The minimum atomic E-state index is -0.545. The van der Waals surface area contributed by atoms with Crippen LogP contribution in [0.1, 0.15) is 13.8 Å². The average molecular weight is 251 g/mol. The van der Waals surface area contributed by atoms with Gasteiger partial charge < -0.3 is 5.73 Å². The zero-order valence-corrected chi connectivity index (χ0v) is 10.6. The van der Waals surface area contributed by atoms with Crippen molar-refractivity contribution in [1.82, 2.24) is 0 Å². The van der Waals surface area contributed by atoms with Gasteiger partial charge in [0.15, 0.2) is 5.16 Å². The fourth-order valence-corrected chi connectivity index (χ4v) is 0.816. The molecule has 0 aromatic heterocycles. The Bertz CT molecular complexity index is 424. The molecule has 0 aliphatic heterocycles. The van der Waals surface area contributed by atoms with E-state index in [9.17, 15) is 0 Å². The molecule has 0 aliphatic rings. The summed E-state index contributed by atoms with van der Waals surface area (Å²) in [5.41, 5.74) is 6.57. The Morgan fingerprint density at radius 2 is 2.06 bits per heavy atom. The maximum atomic E-state index is 8.86. The number of halogens is 1. The van der Waals surface area contributed by atoms with Crippen molar-refractivity contribution >= 4 is 24.0 Å². The Hall–Kier alpha value is -1.86. The molecule has 0 aliphatic carbocycles. The molecule has 0 rings (SSSR count). The van der Waals surface area contributed by atoms with Crippen molar-refractivity contribution in [2.24, 2.45) is 21.6 Å². The molecule has 5 heteroatoms. The first-order valence-electron chi connectivity index (χ1n) is 4.93. The summed E-state index contributed by atoms with van der Waals surface area (Å²) < 4.78 is 0. The molecule has 0 aromatic rings. The predicted octanol–water partition coefficient (Wildman–Crippen LogP) is 2.74. The lowest BCUT2D eigenvalue weighted by molar-refractivity contribution is 1.21. The van der Waals surface area contributed by atoms with Crippen LogP contribution in [0.15, 0.2) is 45.3 Å². The molecule has 90 valence electrons. The number of aliphatic imine (C=N–C) groups is 2. The zero-order valence-electron chi connectivity index (χ0n) is 9.89. The fraction of sp³-hybridized carbons (Fsp3) is 0.250. The number of allylic oxidation sites excluding steroid dienone is 3. The van der Waals surface area contributed by atoms with Gasteiger partial charge in [0, 0.05) is 18.1 Å². The van der Waals surface area contributed by atoms with Crippen LogP contribution in [0.2, 0.25) is 0 Å². The highest BCUT2D eigenvalue weighted by Crippen LogP contribution is 2.07. The molecule has 0 amide bonds. The molecular formula is C12H15ClN4. The van der Waals surface area contributed by atoms with Gasteiger partial charge in [0.05, 0.1) is 11.8 Å². The van der Waals surface area contributed by atoms with E-state index in [1.807, 2.05) is 26.0 Å². The van der Waals surface area contributed by atoms with Crippen molar-refractivity contribution in [1.29, 1.82) is 5.26 Å². The van der Waals surface area contributed by atoms with Crippen LogP contribution in [-0.4, -0.2) is 12.4 Å². The van der Waals surface area contributed by atoms with E-state index < -0.39 is 5.92 Å². The van der Waals surface area contributed by atoms with Crippen LogP contribution in [0, 0.1) is 17.2 Å². The number of nitriles is 1. The molecule has 4 nitrogen and oxygen atoms in total. The SMILES string of the molecule is C=C/C(N)=C(Cl)\N=C/[C@H](C#N)/C=N\C(C)=C\C. The zero-order chi connectivity index (χ0) is 13.3. The van der Waals surface area contributed by atoms with Crippen LogP contribution in [0.4, 0.5) is 0 Å². The second-order valence-electron chi connectivity index (χ2n) is 3.09. The third-order valence-corrected chi connectivity index (χ3v) is 2.13. The fourth-order valence-electron chi connectivity index (χ4n) is 0.682.